The van der Waals surface area contributed by atoms with Gasteiger partial charge >= 0.3 is 6.18 Å². The first-order chi connectivity index (χ1) is 17.2. The molecule has 210 valence electrons. The molecule has 0 fully saturated rings. The van der Waals surface area contributed by atoms with Crippen LogP contribution >= 0.6 is 0 Å². The summed E-state index contributed by atoms with van der Waals surface area (Å²) in [7, 11) is -2.18. The van der Waals surface area contributed by atoms with Crippen LogP contribution < -0.4 is 0 Å². The number of rotatable bonds is 6. The van der Waals surface area contributed by atoms with Gasteiger partial charge in [-0.2, -0.15) is 13.2 Å². The van der Waals surface area contributed by atoms with E-state index in [9.17, 15) is 18.3 Å². The summed E-state index contributed by atoms with van der Waals surface area (Å²) in [6, 6.07) is 4.75. The van der Waals surface area contributed by atoms with Gasteiger partial charge in [0.15, 0.2) is 8.32 Å². The lowest BCUT2D eigenvalue weighted by molar-refractivity contribution is -0.137. The molecule has 7 heteroatoms. The van der Waals surface area contributed by atoms with Crippen LogP contribution in [0.25, 0.3) is 5.57 Å². The number of nitrogens with zero attached hydrogens (tertiary/aromatic N) is 1. The summed E-state index contributed by atoms with van der Waals surface area (Å²) in [6.07, 6.45) is -4.22. The fourth-order valence-corrected chi connectivity index (χ4v) is 6.39. The summed E-state index contributed by atoms with van der Waals surface area (Å²) in [5.41, 5.74) is 4.56. The van der Waals surface area contributed by atoms with Gasteiger partial charge in [-0.25, -0.2) is 0 Å². The van der Waals surface area contributed by atoms with E-state index < -0.39 is 26.2 Å². The molecule has 0 bridgehead atoms. The third-order valence-electron chi connectivity index (χ3n) is 8.13. The lowest BCUT2D eigenvalue weighted by Crippen LogP contribution is -2.44. The van der Waals surface area contributed by atoms with E-state index in [1.807, 2.05) is 20.8 Å². The largest absolute Gasteiger partial charge is 0.416 e. The molecule has 1 aromatic heterocycles. The second-order valence-corrected chi connectivity index (χ2v) is 18.3. The first-order valence-corrected chi connectivity index (χ1v) is 16.3. The Labute approximate surface area is 227 Å². The molecule has 2 atom stereocenters. The minimum absolute atomic E-state index is 0.00597. The molecule has 1 aliphatic carbocycles. The third kappa shape index (κ3) is 6.10. The van der Waals surface area contributed by atoms with Gasteiger partial charge in [-0.1, -0.05) is 72.8 Å². The van der Waals surface area contributed by atoms with Gasteiger partial charge in [-0.3, -0.25) is 4.98 Å². The summed E-state index contributed by atoms with van der Waals surface area (Å²) in [4.78, 5) is 5.15. The van der Waals surface area contributed by atoms with E-state index in [1.54, 1.807) is 0 Å². The van der Waals surface area contributed by atoms with Crippen molar-refractivity contribution in [1.29, 1.82) is 0 Å². The molecule has 2 aromatic rings. The Balaban J connectivity index is 2.30. The van der Waals surface area contributed by atoms with E-state index in [2.05, 4.69) is 54.3 Å². The summed E-state index contributed by atoms with van der Waals surface area (Å²) >= 11 is 0. The molecule has 0 saturated carbocycles. The minimum atomic E-state index is -4.44. The Kier molecular flexibility index (Phi) is 8.22. The van der Waals surface area contributed by atoms with Gasteiger partial charge in [-0.15, -0.1) is 0 Å². The number of alkyl halides is 3. The van der Waals surface area contributed by atoms with Gasteiger partial charge in [0.05, 0.1) is 11.7 Å². The normalized spacial score (nSPS) is 18.9. The van der Waals surface area contributed by atoms with Crippen molar-refractivity contribution in [2.75, 3.05) is 0 Å². The number of benzene rings is 1. The molecule has 0 unspecified atom stereocenters. The fraction of sp³-hybridized carbons (Fsp3) is 0.581. The van der Waals surface area contributed by atoms with E-state index in [0.717, 1.165) is 53.1 Å². The number of fused-ring (bicyclic) bond motifs is 1. The zero-order chi connectivity index (χ0) is 29.0. The van der Waals surface area contributed by atoms with Gasteiger partial charge in [0.1, 0.15) is 6.10 Å². The Hall–Kier alpha value is -1.96. The van der Waals surface area contributed by atoms with Crippen molar-refractivity contribution in [2.45, 2.75) is 111 Å². The van der Waals surface area contributed by atoms with Gasteiger partial charge in [0.25, 0.3) is 0 Å². The van der Waals surface area contributed by atoms with Crippen molar-refractivity contribution in [3.05, 3.63) is 70.0 Å². The van der Waals surface area contributed by atoms with Crippen LogP contribution in [0.2, 0.25) is 18.1 Å². The van der Waals surface area contributed by atoms with Crippen LogP contribution in [0.15, 0.2) is 30.8 Å². The van der Waals surface area contributed by atoms with Crippen LogP contribution in [-0.4, -0.2) is 18.4 Å². The lowest BCUT2D eigenvalue weighted by Gasteiger charge is -2.45. The van der Waals surface area contributed by atoms with Gasteiger partial charge in [-0.05, 0) is 72.5 Å². The summed E-state index contributed by atoms with van der Waals surface area (Å²) in [5.74, 6) is -0.0118. The third-order valence-corrected chi connectivity index (χ3v) is 12.6. The Morgan fingerprint density at radius 1 is 1.13 bits per heavy atom. The van der Waals surface area contributed by atoms with Crippen molar-refractivity contribution in [3.63, 3.8) is 0 Å². The zero-order valence-corrected chi connectivity index (χ0v) is 25.6. The molecule has 1 N–H and O–H groups in total. The van der Waals surface area contributed by atoms with E-state index in [-0.39, 0.29) is 22.5 Å². The highest BCUT2D eigenvalue weighted by Gasteiger charge is 2.45. The maximum atomic E-state index is 13.2. The van der Waals surface area contributed by atoms with Crippen LogP contribution in [0, 0.1) is 5.41 Å². The fourth-order valence-electron chi connectivity index (χ4n) is 5.13. The number of allylic oxidation sites excluding steroid dienone is 1. The average molecular weight is 548 g/mol. The number of hydrogen-bond acceptors (Lipinski definition) is 3. The maximum Gasteiger partial charge on any atom is 0.416 e. The monoisotopic (exact) mass is 547 g/mol. The van der Waals surface area contributed by atoms with Crippen LogP contribution in [0.4, 0.5) is 13.2 Å². The molecular formula is C31H44F3NO2Si. The first-order valence-electron chi connectivity index (χ1n) is 13.4. The molecule has 0 radical (unpaired) electrons. The van der Waals surface area contributed by atoms with E-state index >= 15 is 0 Å². The molecule has 0 aliphatic heterocycles. The summed E-state index contributed by atoms with van der Waals surface area (Å²) in [5, 5.41) is 11.7. The van der Waals surface area contributed by atoms with Crippen LogP contribution in [-0.2, 0) is 17.0 Å². The number of aliphatic hydroxyl groups excluding tert-OH is 1. The quantitative estimate of drug-likeness (QED) is 0.366. The molecule has 0 spiro atoms. The van der Waals surface area contributed by atoms with Gasteiger partial charge < -0.3 is 9.53 Å². The molecule has 0 saturated heterocycles. The predicted molar refractivity (Wildman–Crippen MR) is 152 cm³/mol. The molecule has 1 heterocycles. The smallest absolute Gasteiger partial charge is 0.410 e. The standard InChI is InChI=1S/C31H44F3NO2Si/c1-18(2)24-25-22(16-30(8,9)17-23(25)37-38(10,11)29(5,6)7)35-27(19(3)4)26(24)28(36)20-12-14-21(15-13-20)31(32,33)34/h12-15,19,23,28,36H,1,16-17H2,2-11H3/t23-,28+/m0/s1. The predicted octanol–water partition coefficient (Wildman–Crippen LogP) is 9.37. The second kappa shape index (κ2) is 10.2. The van der Waals surface area contributed by atoms with E-state index in [4.69, 9.17) is 9.41 Å². The van der Waals surface area contributed by atoms with Crippen molar-refractivity contribution >= 4 is 13.9 Å². The molecule has 1 aromatic carbocycles. The van der Waals surface area contributed by atoms with E-state index in [0.29, 0.717) is 11.1 Å². The molecule has 0 amide bonds. The highest BCUT2D eigenvalue weighted by atomic mass is 28.4. The Morgan fingerprint density at radius 2 is 1.68 bits per heavy atom. The SMILES string of the molecule is C=C(C)c1c([C@H](O)c2ccc(C(F)(F)F)cc2)c(C(C)C)nc2c1[C@@H](O[Si](C)(C)C(C)(C)C)CC(C)(C)C2. The lowest BCUT2D eigenvalue weighted by atomic mass is 9.71. The Bertz CT molecular complexity index is 1190. The topological polar surface area (TPSA) is 42.4 Å². The Morgan fingerprint density at radius 3 is 2.13 bits per heavy atom. The molecule has 3 nitrogen and oxygen atoms in total. The molecule has 3 rings (SSSR count). The highest BCUT2D eigenvalue weighted by molar-refractivity contribution is 6.74. The molecule has 38 heavy (non-hydrogen) atoms. The first kappa shape index (κ1) is 30.6. The minimum Gasteiger partial charge on any atom is -0.410 e. The molecular weight excluding hydrogens is 503 g/mol. The summed E-state index contributed by atoms with van der Waals surface area (Å²) in [6.45, 7) is 25.9. The van der Waals surface area contributed by atoms with Crippen molar-refractivity contribution < 1.29 is 22.7 Å². The van der Waals surface area contributed by atoms with Crippen molar-refractivity contribution in [3.8, 4) is 0 Å². The van der Waals surface area contributed by atoms with Crippen LogP contribution in [0.5, 0.6) is 0 Å². The van der Waals surface area contributed by atoms with Crippen molar-refractivity contribution in [2.24, 2.45) is 5.41 Å². The summed E-state index contributed by atoms with van der Waals surface area (Å²) < 4.78 is 46.6. The number of aliphatic hydroxyl groups is 1. The highest BCUT2D eigenvalue weighted by Crippen LogP contribution is 2.51. The zero-order valence-electron chi connectivity index (χ0n) is 24.6. The number of halogens is 3. The number of hydrogen-bond donors (Lipinski definition) is 1. The number of pyridine rings is 1. The molecule has 1 aliphatic rings. The van der Waals surface area contributed by atoms with Crippen LogP contribution in [0.1, 0.15) is 119 Å². The average Bonchev–Trinajstić information content (AvgIpc) is 2.74. The van der Waals surface area contributed by atoms with Gasteiger partial charge in [0, 0.05) is 22.5 Å². The van der Waals surface area contributed by atoms with Gasteiger partial charge in [0.2, 0.25) is 0 Å². The van der Waals surface area contributed by atoms with Crippen molar-refractivity contribution in [1.82, 2.24) is 4.98 Å². The van der Waals surface area contributed by atoms with Crippen LogP contribution in [0.3, 0.4) is 0 Å². The maximum absolute atomic E-state index is 13.2. The number of aromatic nitrogens is 1. The second-order valence-electron chi connectivity index (χ2n) is 13.5. The van der Waals surface area contributed by atoms with E-state index in [1.165, 1.54) is 12.1 Å².